The van der Waals surface area contributed by atoms with Gasteiger partial charge in [0.05, 0.1) is 24.2 Å². The molecule has 13 heteroatoms. The third-order valence-electron chi connectivity index (χ3n) is 5.29. The number of aromatic hydroxyl groups is 1. The second kappa shape index (κ2) is 15.6. The quantitative estimate of drug-likeness (QED) is 0.178. The van der Waals surface area contributed by atoms with Crippen LogP contribution in [0.1, 0.15) is 45.0 Å². The monoisotopic (exact) mass is 570 g/mol. The molecule has 0 aliphatic heterocycles. The van der Waals surface area contributed by atoms with Gasteiger partial charge >= 0.3 is 17.9 Å². The minimum atomic E-state index is -1.28. The Kier molecular flexibility index (Phi) is 12.2. The second-order valence-electron chi connectivity index (χ2n) is 8.24. The summed E-state index contributed by atoms with van der Waals surface area (Å²) in [4.78, 5) is 43.7. The molecule has 0 aliphatic rings. The first-order valence-corrected chi connectivity index (χ1v) is 12.1. The summed E-state index contributed by atoms with van der Waals surface area (Å²) in [6, 6.07) is 17.0. The van der Waals surface area contributed by atoms with E-state index in [9.17, 15) is 24.3 Å². The fourth-order valence-corrected chi connectivity index (χ4v) is 3.35. The van der Waals surface area contributed by atoms with Crippen LogP contribution in [0, 0.1) is 0 Å². The van der Waals surface area contributed by atoms with Gasteiger partial charge in [-0.1, -0.05) is 23.7 Å². The number of nitrogens with one attached hydrogen (secondary N) is 1. The molecule has 1 amide bonds. The molecule has 12 nitrogen and oxygen atoms in total. The number of hydrogen-bond acceptors (Lipinski definition) is 8. The van der Waals surface area contributed by atoms with Crippen LogP contribution in [0.5, 0.6) is 5.75 Å². The van der Waals surface area contributed by atoms with Crippen LogP contribution in [0.4, 0.5) is 11.4 Å². The van der Waals surface area contributed by atoms with E-state index in [2.05, 4.69) is 15.5 Å². The van der Waals surface area contributed by atoms with E-state index in [1.165, 1.54) is 42.5 Å². The number of carboxylic acid groups (broad SMARTS) is 3. The highest BCUT2D eigenvalue weighted by Crippen LogP contribution is 2.25. The summed E-state index contributed by atoms with van der Waals surface area (Å²) < 4.78 is 0. The molecule has 3 aromatic rings. The first kappa shape index (κ1) is 31.4. The van der Waals surface area contributed by atoms with Crippen LogP contribution in [0.25, 0.3) is 0 Å². The molecule has 210 valence electrons. The number of rotatable bonds is 11. The van der Waals surface area contributed by atoms with E-state index in [0.717, 1.165) is 5.56 Å². The number of nitrogens with zero attached hydrogens (tertiary/aromatic N) is 2. The van der Waals surface area contributed by atoms with E-state index >= 15 is 0 Å². The van der Waals surface area contributed by atoms with Crippen molar-refractivity contribution in [2.24, 2.45) is 16.0 Å². The number of aromatic carboxylic acids is 1. The molecule has 0 aromatic heterocycles. The molecule has 3 rings (SSSR count). The maximum Gasteiger partial charge on any atom is 0.339 e. The van der Waals surface area contributed by atoms with Gasteiger partial charge < -0.3 is 31.5 Å². The number of aliphatic carboxylic acids is 2. The summed E-state index contributed by atoms with van der Waals surface area (Å²) >= 11 is 5.72. The van der Waals surface area contributed by atoms with Crippen LogP contribution in [-0.2, 0) is 9.59 Å². The number of phenols is 1. The number of hydrogen-bond donors (Lipinski definition) is 6. The Hall–Kier alpha value is -4.81. The highest BCUT2D eigenvalue weighted by molar-refractivity contribution is 6.30. The standard InChI is InChI=1S/C17H15N3O6.C10H12ClNO2/c21-14-6-5-12(9-13(14)17(25)26)20-19-11-3-1-10(2-4-11)16(24)18-8-7-15(22)23;11-9-3-1-7(2-4-9)8(6-12)5-10(13)14/h1-6,9,21H,7-8H2,(H,18,24)(H,22,23)(H,25,26);1-4,8H,5-6,12H2,(H,13,14). The van der Waals surface area contributed by atoms with Crippen LogP contribution < -0.4 is 11.1 Å². The third kappa shape index (κ3) is 10.5. The predicted molar refractivity (Wildman–Crippen MR) is 146 cm³/mol. The van der Waals surface area contributed by atoms with Crippen LogP contribution >= 0.6 is 11.6 Å². The number of benzene rings is 3. The molecule has 0 bridgehead atoms. The molecule has 0 aliphatic carbocycles. The van der Waals surface area contributed by atoms with Gasteiger partial charge in [0.2, 0.25) is 0 Å². The smallest absolute Gasteiger partial charge is 0.339 e. The van der Waals surface area contributed by atoms with Crippen molar-refractivity contribution in [2.45, 2.75) is 18.8 Å². The summed E-state index contributed by atoms with van der Waals surface area (Å²) in [6.07, 6.45) is -0.110. The molecule has 3 aromatic carbocycles. The molecule has 1 unspecified atom stereocenters. The molecular weight excluding hydrogens is 544 g/mol. The molecule has 0 spiro atoms. The zero-order valence-corrected chi connectivity index (χ0v) is 21.8. The van der Waals surface area contributed by atoms with Crippen molar-refractivity contribution >= 4 is 46.8 Å². The van der Waals surface area contributed by atoms with E-state index in [1.54, 1.807) is 12.1 Å². The molecule has 0 heterocycles. The fraction of sp³-hybridized carbons (Fsp3) is 0.185. The van der Waals surface area contributed by atoms with Crippen molar-refractivity contribution in [3.63, 3.8) is 0 Å². The van der Waals surface area contributed by atoms with Gasteiger partial charge in [-0.15, -0.1) is 0 Å². The zero-order valence-electron chi connectivity index (χ0n) is 21.0. The van der Waals surface area contributed by atoms with E-state index in [0.29, 0.717) is 22.8 Å². The lowest BCUT2D eigenvalue weighted by atomic mass is 9.96. The van der Waals surface area contributed by atoms with E-state index < -0.39 is 23.8 Å². The number of azo groups is 1. The van der Waals surface area contributed by atoms with Gasteiger partial charge in [0, 0.05) is 23.0 Å². The predicted octanol–water partition coefficient (Wildman–Crippen LogP) is 4.57. The molecular formula is C27H27ClN4O8. The van der Waals surface area contributed by atoms with Crippen LogP contribution in [-0.4, -0.2) is 57.3 Å². The Balaban J connectivity index is 0.000000337. The Labute approximate surface area is 233 Å². The maximum atomic E-state index is 11.8. The molecule has 0 fully saturated rings. The van der Waals surface area contributed by atoms with Gasteiger partial charge in [0.1, 0.15) is 11.3 Å². The largest absolute Gasteiger partial charge is 0.507 e. The molecule has 0 saturated heterocycles. The number of carbonyl (C=O) groups is 4. The average Bonchev–Trinajstić information content (AvgIpc) is 2.92. The van der Waals surface area contributed by atoms with Gasteiger partial charge in [-0.25, -0.2) is 4.79 Å². The van der Waals surface area contributed by atoms with Gasteiger partial charge in [-0.3, -0.25) is 14.4 Å². The topological polar surface area (TPSA) is 212 Å². The molecule has 0 saturated carbocycles. The highest BCUT2D eigenvalue weighted by atomic mass is 35.5. The lowest BCUT2D eigenvalue weighted by Crippen LogP contribution is -2.25. The van der Waals surface area contributed by atoms with Crippen molar-refractivity contribution in [3.8, 4) is 5.75 Å². The van der Waals surface area contributed by atoms with E-state index in [1.807, 2.05) is 12.1 Å². The summed E-state index contributed by atoms with van der Waals surface area (Å²) in [5, 5.41) is 46.5. The minimum Gasteiger partial charge on any atom is -0.507 e. The maximum absolute atomic E-state index is 11.8. The molecule has 7 N–H and O–H groups in total. The highest BCUT2D eigenvalue weighted by Gasteiger charge is 2.13. The second-order valence-corrected chi connectivity index (χ2v) is 8.67. The molecule has 40 heavy (non-hydrogen) atoms. The SMILES string of the molecule is NCC(CC(=O)O)c1ccc(Cl)cc1.O=C(O)CCNC(=O)c1ccc(N=Nc2ccc(O)c(C(=O)O)c2)cc1. The van der Waals surface area contributed by atoms with Gasteiger partial charge in [0.25, 0.3) is 5.91 Å². The zero-order chi connectivity index (χ0) is 29.7. The number of amides is 1. The van der Waals surface area contributed by atoms with Crippen LogP contribution in [0.15, 0.2) is 77.0 Å². The summed E-state index contributed by atoms with van der Waals surface area (Å²) in [6.45, 7) is 0.357. The van der Waals surface area contributed by atoms with Crippen molar-refractivity contribution in [3.05, 3.63) is 88.4 Å². The summed E-state index contributed by atoms with van der Waals surface area (Å²) in [5.41, 5.74) is 7.14. The summed E-state index contributed by atoms with van der Waals surface area (Å²) in [5.74, 6) is -4.02. The number of nitrogens with two attached hydrogens (primary N) is 1. The van der Waals surface area contributed by atoms with Gasteiger partial charge in [-0.05, 0) is 66.7 Å². The summed E-state index contributed by atoms with van der Waals surface area (Å²) in [7, 11) is 0. The Bertz CT molecular complexity index is 1360. The van der Waals surface area contributed by atoms with E-state index in [-0.39, 0.29) is 42.3 Å². The molecule has 1 atom stereocenters. The normalized spacial score (nSPS) is 11.2. The number of carbonyl (C=O) groups excluding carboxylic acids is 1. The Morgan fingerprint density at radius 1 is 0.850 bits per heavy atom. The minimum absolute atomic E-state index is 0.0301. The van der Waals surface area contributed by atoms with Gasteiger partial charge in [0.15, 0.2) is 0 Å². The van der Waals surface area contributed by atoms with Gasteiger partial charge in [-0.2, -0.15) is 10.2 Å². The van der Waals surface area contributed by atoms with Crippen molar-refractivity contribution < 1.29 is 39.6 Å². The Morgan fingerprint density at radius 2 is 1.45 bits per heavy atom. The Morgan fingerprint density at radius 3 is 2.00 bits per heavy atom. The number of halogens is 1. The number of carboxylic acids is 3. The fourth-order valence-electron chi connectivity index (χ4n) is 3.22. The van der Waals surface area contributed by atoms with Crippen LogP contribution in [0.3, 0.4) is 0 Å². The van der Waals surface area contributed by atoms with Crippen LogP contribution in [0.2, 0.25) is 5.02 Å². The first-order valence-electron chi connectivity index (χ1n) is 11.8. The van der Waals surface area contributed by atoms with Crippen molar-refractivity contribution in [1.82, 2.24) is 5.32 Å². The first-order chi connectivity index (χ1) is 19.0. The lowest BCUT2D eigenvalue weighted by Gasteiger charge is -2.12. The third-order valence-corrected chi connectivity index (χ3v) is 5.54. The van der Waals surface area contributed by atoms with Crippen molar-refractivity contribution in [2.75, 3.05) is 13.1 Å². The lowest BCUT2D eigenvalue weighted by molar-refractivity contribution is -0.138. The van der Waals surface area contributed by atoms with E-state index in [4.69, 9.17) is 32.7 Å². The molecule has 0 radical (unpaired) electrons. The van der Waals surface area contributed by atoms with Crippen molar-refractivity contribution in [1.29, 1.82) is 0 Å². The average molecular weight is 571 g/mol.